The molecule has 0 bridgehead atoms. The van der Waals surface area contributed by atoms with Gasteiger partial charge in [0.2, 0.25) is 11.8 Å². The van der Waals surface area contributed by atoms with Gasteiger partial charge < -0.3 is 10.2 Å². The van der Waals surface area contributed by atoms with Crippen LogP contribution in [0.1, 0.15) is 19.3 Å². The fraction of sp³-hybridized carbons (Fsp3) is 0.467. The summed E-state index contributed by atoms with van der Waals surface area (Å²) in [6, 6.07) is 9.71. The summed E-state index contributed by atoms with van der Waals surface area (Å²) in [7, 11) is 0. The van der Waals surface area contributed by atoms with Gasteiger partial charge in [-0.1, -0.05) is 18.2 Å². The standard InChI is InChI=1S/C15H18N2O2/c18-14-8-11(9-16-15(19)12-6-7-12)10-17(14)13-4-2-1-3-5-13/h1-5,11-12H,6-10H2,(H,16,19). The van der Waals surface area contributed by atoms with Crippen molar-refractivity contribution in [2.75, 3.05) is 18.0 Å². The Bertz CT molecular complexity index is 482. The number of para-hydroxylation sites is 1. The zero-order valence-corrected chi connectivity index (χ0v) is 10.8. The van der Waals surface area contributed by atoms with Crippen LogP contribution in [-0.4, -0.2) is 24.9 Å². The summed E-state index contributed by atoms with van der Waals surface area (Å²) < 4.78 is 0. The van der Waals surface area contributed by atoms with Crippen LogP contribution in [0, 0.1) is 11.8 Å². The van der Waals surface area contributed by atoms with E-state index in [0.29, 0.717) is 19.5 Å². The molecule has 1 unspecified atom stereocenters. The van der Waals surface area contributed by atoms with Crippen molar-refractivity contribution in [3.05, 3.63) is 30.3 Å². The lowest BCUT2D eigenvalue weighted by Crippen LogP contribution is -2.32. The first-order valence-corrected chi connectivity index (χ1v) is 6.87. The van der Waals surface area contributed by atoms with E-state index in [2.05, 4.69) is 5.32 Å². The molecule has 0 spiro atoms. The molecule has 1 aromatic rings. The van der Waals surface area contributed by atoms with Crippen LogP contribution in [0.2, 0.25) is 0 Å². The van der Waals surface area contributed by atoms with Crippen LogP contribution >= 0.6 is 0 Å². The largest absolute Gasteiger partial charge is 0.356 e. The van der Waals surface area contributed by atoms with E-state index in [1.165, 1.54) is 0 Å². The predicted octanol–water partition coefficient (Wildman–Crippen LogP) is 1.57. The van der Waals surface area contributed by atoms with Crippen molar-refractivity contribution in [2.24, 2.45) is 11.8 Å². The highest BCUT2D eigenvalue weighted by Crippen LogP contribution is 2.29. The molecule has 1 saturated heterocycles. The smallest absolute Gasteiger partial charge is 0.227 e. The minimum Gasteiger partial charge on any atom is -0.356 e. The van der Waals surface area contributed by atoms with E-state index < -0.39 is 0 Å². The average Bonchev–Trinajstić information content (AvgIpc) is 3.21. The summed E-state index contributed by atoms with van der Waals surface area (Å²) in [6.07, 6.45) is 2.57. The molecule has 2 aliphatic rings. The van der Waals surface area contributed by atoms with E-state index in [9.17, 15) is 9.59 Å². The molecule has 2 amide bonds. The van der Waals surface area contributed by atoms with Crippen LogP contribution in [0.25, 0.3) is 0 Å². The van der Waals surface area contributed by atoms with Gasteiger partial charge in [-0.25, -0.2) is 0 Å². The summed E-state index contributed by atoms with van der Waals surface area (Å²) in [5.74, 6) is 0.778. The van der Waals surface area contributed by atoms with Gasteiger partial charge >= 0.3 is 0 Å². The molecule has 1 N–H and O–H groups in total. The monoisotopic (exact) mass is 258 g/mol. The number of hydrogen-bond donors (Lipinski definition) is 1. The third-order valence-corrected chi connectivity index (χ3v) is 3.79. The van der Waals surface area contributed by atoms with E-state index in [0.717, 1.165) is 18.5 Å². The normalized spacial score (nSPS) is 22.6. The molecule has 1 heterocycles. The van der Waals surface area contributed by atoms with Crippen molar-refractivity contribution in [3.8, 4) is 0 Å². The first kappa shape index (κ1) is 12.2. The lowest BCUT2D eigenvalue weighted by atomic mass is 10.1. The molecule has 1 aliphatic carbocycles. The number of hydrogen-bond acceptors (Lipinski definition) is 2. The lowest BCUT2D eigenvalue weighted by Gasteiger charge is -2.16. The molecule has 1 aliphatic heterocycles. The summed E-state index contributed by atoms with van der Waals surface area (Å²) >= 11 is 0. The Morgan fingerprint density at radius 3 is 2.68 bits per heavy atom. The van der Waals surface area contributed by atoms with Gasteiger partial charge in [-0.15, -0.1) is 0 Å². The fourth-order valence-electron chi connectivity index (χ4n) is 2.51. The van der Waals surface area contributed by atoms with E-state index in [1.54, 1.807) is 0 Å². The van der Waals surface area contributed by atoms with E-state index in [4.69, 9.17) is 0 Å². The summed E-state index contributed by atoms with van der Waals surface area (Å²) in [6.45, 7) is 1.32. The molecular weight excluding hydrogens is 240 g/mol. The maximum atomic E-state index is 12.0. The number of anilines is 1. The zero-order valence-electron chi connectivity index (χ0n) is 10.8. The highest BCUT2D eigenvalue weighted by Gasteiger charge is 2.33. The molecule has 4 heteroatoms. The second-order valence-electron chi connectivity index (χ2n) is 5.43. The quantitative estimate of drug-likeness (QED) is 0.891. The predicted molar refractivity (Wildman–Crippen MR) is 72.6 cm³/mol. The Kier molecular flexibility index (Phi) is 3.23. The highest BCUT2D eigenvalue weighted by molar-refractivity contribution is 5.95. The van der Waals surface area contributed by atoms with Crippen molar-refractivity contribution in [1.29, 1.82) is 0 Å². The van der Waals surface area contributed by atoms with Gasteiger partial charge in [0.15, 0.2) is 0 Å². The molecule has 100 valence electrons. The number of nitrogens with zero attached hydrogens (tertiary/aromatic N) is 1. The summed E-state index contributed by atoms with van der Waals surface area (Å²) in [4.78, 5) is 25.4. The SMILES string of the molecule is O=C(NCC1CC(=O)N(c2ccccc2)C1)C1CC1. The number of carbonyl (C=O) groups excluding carboxylic acids is 2. The van der Waals surface area contributed by atoms with Crippen molar-refractivity contribution in [3.63, 3.8) is 0 Å². The van der Waals surface area contributed by atoms with E-state index in [1.807, 2.05) is 35.2 Å². The van der Waals surface area contributed by atoms with Crippen LogP contribution in [0.3, 0.4) is 0 Å². The van der Waals surface area contributed by atoms with E-state index in [-0.39, 0.29) is 23.7 Å². The Hall–Kier alpha value is -1.84. The number of nitrogens with one attached hydrogen (secondary N) is 1. The second kappa shape index (κ2) is 5.03. The van der Waals surface area contributed by atoms with Crippen LogP contribution in [0.15, 0.2) is 30.3 Å². The molecule has 3 rings (SSSR count). The van der Waals surface area contributed by atoms with Crippen LogP contribution in [-0.2, 0) is 9.59 Å². The van der Waals surface area contributed by atoms with Crippen LogP contribution in [0.4, 0.5) is 5.69 Å². The second-order valence-corrected chi connectivity index (χ2v) is 5.43. The third kappa shape index (κ3) is 2.78. The van der Waals surface area contributed by atoms with Crippen LogP contribution < -0.4 is 10.2 Å². The average molecular weight is 258 g/mol. The Labute approximate surface area is 112 Å². The van der Waals surface area contributed by atoms with Gasteiger partial charge in [0.05, 0.1) is 0 Å². The van der Waals surface area contributed by atoms with Crippen LogP contribution in [0.5, 0.6) is 0 Å². The van der Waals surface area contributed by atoms with Gasteiger partial charge in [0.1, 0.15) is 0 Å². The Morgan fingerprint density at radius 1 is 1.26 bits per heavy atom. The zero-order chi connectivity index (χ0) is 13.2. The van der Waals surface area contributed by atoms with Gasteiger partial charge in [-0.2, -0.15) is 0 Å². The maximum absolute atomic E-state index is 12.0. The molecule has 1 aromatic carbocycles. The van der Waals surface area contributed by atoms with Gasteiger partial charge in [0, 0.05) is 37.0 Å². The number of carbonyl (C=O) groups is 2. The first-order chi connectivity index (χ1) is 9.24. The third-order valence-electron chi connectivity index (χ3n) is 3.79. The molecule has 19 heavy (non-hydrogen) atoms. The molecule has 2 fully saturated rings. The van der Waals surface area contributed by atoms with E-state index >= 15 is 0 Å². The summed E-state index contributed by atoms with van der Waals surface area (Å²) in [5.41, 5.74) is 0.948. The van der Waals surface area contributed by atoms with Gasteiger partial charge in [0.25, 0.3) is 0 Å². The number of rotatable bonds is 4. The highest BCUT2D eigenvalue weighted by atomic mass is 16.2. The first-order valence-electron chi connectivity index (χ1n) is 6.87. The topological polar surface area (TPSA) is 49.4 Å². The molecule has 1 saturated carbocycles. The van der Waals surface area contributed by atoms with Gasteiger partial charge in [-0.05, 0) is 25.0 Å². The van der Waals surface area contributed by atoms with Crippen molar-refractivity contribution in [2.45, 2.75) is 19.3 Å². The molecule has 0 aromatic heterocycles. The lowest BCUT2D eigenvalue weighted by molar-refractivity contribution is -0.122. The summed E-state index contributed by atoms with van der Waals surface area (Å²) in [5, 5.41) is 2.96. The molecule has 1 atom stereocenters. The van der Waals surface area contributed by atoms with Gasteiger partial charge in [-0.3, -0.25) is 9.59 Å². The van der Waals surface area contributed by atoms with Crippen molar-refractivity contribution < 1.29 is 9.59 Å². The maximum Gasteiger partial charge on any atom is 0.227 e. The van der Waals surface area contributed by atoms with Crippen molar-refractivity contribution in [1.82, 2.24) is 5.32 Å². The molecule has 0 radical (unpaired) electrons. The Morgan fingerprint density at radius 2 is 2.00 bits per heavy atom. The fourth-order valence-corrected chi connectivity index (χ4v) is 2.51. The number of benzene rings is 1. The Balaban J connectivity index is 1.56. The number of amides is 2. The van der Waals surface area contributed by atoms with Crippen molar-refractivity contribution >= 4 is 17.5 Å². The molecular formula is C15H18N2O2. The minimum absolute atomic E-state index is 0.150. The minimum atomic E-state index is 0.150. The molecule has 4 nitrogen and oxygen atoms in total.